The number of nitrogens with two attached hydrogens (primary N) is 3. The molecule has 0 saturated carbocycles. The molecule has 0 saturated heterocycles. The van der Waals surface area contributed by atoms with Gasteiger partial charge in [-0.05, 0) is 21.2 Å². The molecule has 1 rings (SSSR count). The van der Waals surface area contributed by atoms with Crippen LogP contribution in [0.15, 0.2) is 16.2 Å². The second-order valence-corrected chi connectivity index (χ2v) is 3.23. The van der Waals surface area contributed by atoms with Crippen LogP contribution in [0.4, 0.5) is 10.1 Å². The highest BCUT2D eigenvalue weighted by Gasteiger charge is 2.12. The van der Waals surface area contributed by atoms with Crippen molar-refractivity contribution in [2.45, 2.75) is 0 Å². The molecule has 0 radical (unpaired) electrons. The van der Waals surface area contributed by atoms with Crippen LogP contribution in [0, 0.1) is 10.1 Å². The van der Waals surface area contributed by atoms with Gasteiger partial charge in [-0.15, -0.1) is 0 Å². The maximum Gasteiger partial charge on any atom is 0.425 e. The molecule has 0 aliphatic heterocycles. The number of rotatable bonds is 2. The molecule has 1 aromatic heterocycles. The maximum absolute atomic E-state index is 10.3. The topological polar surface area (TPSA) is 159 Å². The summed E-state index contributed by atoms with van der Waals surface area (Å²) < 4.78 is 0. The van der Waals surface area contributed by atoms with Gasteiger partial charge in [0.05, 0.1) is 0 Å². The summed E-state index contributed by atoms with van der Waals surface area (Å²) in [4.78, 5) is 20.3. The van der Waals surface area contributed by atoms with E-state index in [-0.39, 0.29) is 22.1 Å². The fraction of sp³-hybridized carbons (Fsp3) is 0. The van der Waals surface area contributed by atoms with Gasteiger partial charge < -0.3 is 27.3 Å². The SMILES string of the molecule is NC(N)=N/C(N)=N\c1cnc([N+](=O)[O-])s1. The Labute approximate surface area is 87.5 Å². The molecule has 0 amide bonds. The molecule has 6 N–H and O–H groups in total. The van der Waals surface area contributed by atoms with Gasteiger partial charge in [0.2, 0.25) is 5.96 Å². The Kier molecular flexibility index (Phi) is 3.13. The minimum Gasteiger partial charge on any atom is -0.370 e. The van der Waals surface area contributed by atoms with Gasteiger partial charge in [-0.1, -0.05) is 0 Å². The monoisotopic (exact) mass is 229 g/mol. The average molecular weight is 229 g/mol. The molecule has 80 valence electrons. The lowest BCUT2D eigenvalue weighted by Crippen LogP contribution is -2.26. The number of guanidine groups is 2. The smallest absolute Gasteiger partial charge is 0.370 e. The lowest BCUT2D eigenvalue weighted by molar-refractivity contribution is -0.384. The van der Waals surface area contributed by atoms with Crippen molar-refractivity contribution in [1.29, 1.82) is 0 Å². The third kappa shape index (κ3) is 3.19. The Hall–Kier alpha value is -2.23. The number of hydrogen-bond acceptors (Lipinski definition) is 5. The molecule has 0 aliphatic carbocycles. The first-order valence-electron chi connectivity index (χ1n) is 3.53. The van der Waals surface area contributed by atoms with E-state index in [0.29, 0.717) is 0 Å². The third-order valence-corrected chi connectivity index (χ3v) is 1.95. The predicted octanol–water partition coefficient (Wildman–Crippen LogP) is -0.729. The van der Waals surface area contributed by atoms with Crippen molar-refractivity contribution in [1.82, 2.24) is 4.98 Å². The second-order valence-electron chi connectivity index (χ2n) is 2.24. The first-order chi connectivity index (χ1) is 6.99. The molecular weight excluding hydrogens is 222 g/mol. The molecule has 1 aromatic rings. The van der Waals surface area contributed by atoms with E-state index in [4.69, 9.17) is 17.2 Å². The van der Waals surface area contributed by atoms with Crippen molar-refractivity contribution in [2.75, 3.05) is 0 Å². The van der Waals surface area contributed by atoms with Crippen LogP contribution < -0.4 is 17.2 Å². The lowest BCUT2D eigenvalue weighted by atomic mass is 10.8. The van der Waals surface area contributed by atoms with Crippen LogP contribution in [-0.2, 0) is 0 Å². The summed E-state index contributed by atoms with van der Waals surface area (Å²) in [6.07, 6.45) is 1.21. The normalized spacial score (nSPS) is 11.1. The zero-order valence-electron chi connectivity index (χ0n) is 7.32. The summed E-state index contributed by atoms with van der Waals surface area (Å²) in [5.74, 6) is -0.427. The Bertz CT molecular complexity index is 432. The van der Waals surface area contributed by atoms with Gasteiger partial charge in [0, 0.05) is 0 Å². The summed E-state index contributed by atoms with van der Waals surface area (Å²) in [6, 6.07) is 0. The van der Waals surface area contributed by atoms with E-state index in [1.54, 1.807) is 0 Å². The van der Waals surface area contributed by atoms with E-state index in [1.165, 1.54) is 6.20 Å². The van der Waals surface area contributed by atoms with Crippen LogP contribution in [-0.4, -0.2) is 21.8 Å². The Morgan fingerprint density at radius 2 is 2.20 bits per heavy atom. The van der Waals surface area contributed by atoms with Gasteiger partial charge in [-0.25, -0.2) is 0 Å². The summed E-state index contributed by atoms with van der Waals surface area (Å²) in [5.41, 5.74) is 15.4. The first-order valence-corrected chi connectivity index (χ1v) is 4.34. The molecule has 0 bridgehead atoms. The van der Waals surface area contributed by atoms with Crippen LogP contribution in [0.3, 0.4) is 0 Å². The average Bonchev–Trinajstić information content (AvgIpc) is 2.50. The minimum absolute atomic E-state index is 0.187. The summed E-state index contributed by atoms with van der Waals surface area (Å²) >= 11 is 0.768. The largest absolute Gasteiger partial charge is 0.425 e. The van der Waals surface area contributed by atoms with E-state index in [0.717, 1.165) is 11.3 Å². The minimum atomic E-state index is -0.625. The highest BCUT2D eigenvalue weighted by atomic mass is 32.1. The fourth-order valence-corrected chi connectivity index (χ4v) is 1.27. The molecule has 15 heavy (non-hydrogen) atoms. The number of nitro groups is 1. The molecule has 0 fully saturated rings. The third-order valence-electron chi connectivity index (χ3n) is 1.11. The lowest BCUT2D eigenvalue weighted by Gasteiger charge is -1.90. The molecule has 0 spiro atoms. The van der Waals surface area contributed by atoms with Crippen molar-refractivity contribution >= 4 is 33.4 Å². The summed E-state index contributed by atoms with van der Waals surface area (Å²) in [5, 5.41) is 10.3. The molecule has 0 atom stereocenters. The van der Waals surface area contributed by atoms with E-state index < -0.39 is 4.92 Å². The Morgan fingerprint density at radius 3 is 2.67 bits per heavy atom. The van der Waals surface area contributed by atoms with Gasteiger partial charge in [-0.3, -0.25) is 0 Å². The van der Waals surface area contributed by atoms with Crippen LogP contribution in [0.2, 0.25) is 0 Å². The quantitative estimate of drug-likeness (QED) is 0.262. The maximum atomic E-state index is 10.3. The van der Waals surface area contributed by atoms with Crippen molar-refractivity contribution in [2.24, 2.45) is 27.2 Å². The van der Waals surface area contributed by atoms with Crippen LogP contribution in [0.1, 0.15) is 0 Å². The fourth-order valence-electron chi connectivity index (χ4n) is 0.663. The Morgan fingerprint density at radius 1 is 1.53 bits per heavy atom. The first kappa shape index (κ1) is 10.8. The van der Waals surface area contributed by atoms with E-state index in [2.05, 4.69) is 15.0 Å². The molecule has 9 nitrogen and oxygen atoms in total. The summed E-state index contributed by atoms with van der Waals surface area (Å²) in [6.45, 7) is 0. The molecule has 0 unspecified atom stereocenters. The standard InChI is InChI=1S/C5H7N7O2S/c6-3(7)11-4(8)10-2-1-9-5(15-2)12(13)14/h1H,(H6,6,7,8,10,11). The van der Waals surface area contributed by atoms with E-state index in [9.17, 15) is 10.1 Å². The van der Waals surface area contributed by atoms with Gasteiger partial charge in [-0.2, -0.15) is 9.98 Å². The van der Waals surface area contributed by atoms with Gasteiger partial charge in [0.25, 0.3) is 0 Å². The number of hydrogen-bond donors (Lipinski definition) is 3. The van der Waals surface area contributed by atoms with Gasteiger partial charge >= 0.3 is 5.13 Å². The summed E-state index contributed by atoms with van der Waals surface area (Å²) in [7, 11) is 0. The van der Waals surface area contributed by atoms with Crippen molar-refractivity contribution in [3.63, 3.8) is 0 Å². The zero-order valence-corrected chi connectivity index (χ0v) is 8.14. The Balaban J connectivity index is 2.89. The molecule has 10 heteroatoms. The zero-order chi connectivity index (χ0) is 11.4. The molecule has 0 aliphatic rings. The van der Waals surface area contributed by atoms with Crippen LogP contribution >= 0.6 is 11.3 Å². The number of nitrogens with zero attached hydrogens (tertiary/aromatic N) is 4. The van der Waals surface area contributed by atoms with Crippen molar-refractivity contribution in [3.8, 4) is 0 Å². The van der Waals surface area contributed by atoms with Crippen LogP contribution in [0.25, 0.3) is 0 Å². The van der Waals surface area contributed by atoms with Gasteiger partial charge in [0.1, 0.15) is 0 Å². The molecule has 0 aromatic carbocycles. The number of aliphatic imine (C=N–C) groups is 2. The molecule has 1 heterocycles. The van der Waals surface area contributed by atoms with Crippen molar-refractivity contribution < 1.29 is 4.92 Å². The second kappa shape index (κ2) is 4.32. The van der Waals surface area contributed by atoms with Crippen molar-refractivity contribution in [3.05, 3.63) is 16.3 Å². The highest BCUT2D eigenvalue weighted by molar-refractivity contribution is 7.18. The van der Waals surface area contributed by atoms with Gasteiger partial charge in [0.15, 0.2) is 17.2 Å². The number of aromatic nitrogens is 1. The highest BCUT2D eigenvalue weighted by Crippen LogP contribution is 2.27. The predicted molar refractivity (Wildman–Crippen MR) is 55.9 cm³/mol. The van der Waals surface area contributed by atoms with Crippen LogP contribution in [0.5, 0.6) is 0 Å². The number of thiazole rings is 1. The van der Waals surface area contributed by atoms with E-state index in [1.807, 2.05) is 0 Å². The van der Waals surface area contributed by atoms with E-state index >= 15 is 0 Å². The molecular formula is C5H7N7O2S.